The van der Waals surface area contributed by atoms with Gasteiger partial charge in [0.2, 0.25) is 0 Å². The lowest BCUT2D eigenvalue weighted by molar-refractivity contribution is -0.116. The highest BCUT2D eigenvalue weighted by molar-refractivity contribution is 5.93. The fraction of sp³-hybridized carbons (Fsp3) is 0.182. The van der Waals surface area contributed by atoms with Crippen LogP contribution in [0.3, 0.4) is 0 Å². The van der Waals surface area contributed by atoms with Gasteiger partial charge in [0.15, 0.2) is 0 Å². The predicted octanol–water partition coefficient (Wildman–Crippen LogP) is 0.809. The molecule has 0 radical (unpaired) electrons. The van der Waals surface area contributed by atoms with Crippen LogP contribution < -0.4 is 10.9 Å². The van der Waals surface area contributed by atoms with Crippen molar-refractivity contribution >= 4 is 11.7 Å². The second kappa shape index (κ2) is 5.65. The van der Waals surface area contributed by atoms with E-state index in [9.17, 15) is 9.59 Å². The molecule has 0 aliphatic heterocycles. The molecular formula is C11H13N3O2. The number of rotatable bonds is 5. The number of amides is 1. The first-order valence-corrected chi connectivity index (χ1v) is 4.73. The molecule has 1 amide bonds. The van der Waals surface area contributed by atoms with E-state index in [0.717, 1.165) is 0 Å². The minimum Gasteiger partial charge on any atom is -0.303 e. The minimum atomic E-state index is -0.299. The first-order valence-electron chi connectivity index (χ1n) is 4.73. The third-order valence-corrected chi connectivity index (χ3v) is 1.76. The number of carbonyl (C=O) groups excluding carboxylic acids is 2. The van der Waals surface area contributed by atoms with Crippen molar-refractivity contribution < 1.29 is 9.59 Å². The normalized spacial score (nSPS) is 9.31. The van der Waals surface area contributed by atoms with E-state index >= 15 is 0 Å². The van der Waals surface area contributed by atoms with Gasteiger partial charge in [0.05, 0.1) is 0 Å². The lowest BCUT2D eigenvalue weighted by Crippen LogP contribution is -2.36. The van der Waals surface area contributed by atoms with E-state index in [4.69, 9.17) is 0 Å². The zero-order valence-corrected chi connectivity index (χ0v) is 8.99. The average molecular weight is 219 g/mol. The molecule has 0 bridgehead atoms. The molecule has 84 valence electrons. The summed E-state index contributed by atoms with van der Waals surface area (Å²) in [7, 11) is 0. The highest BCUT2D eigenvalue weighted by atomic mass is 16.2. The van der Waals surface area contributed by atoms with Crippen molar-refractivity contribution in [1.82, 2.24) is 15.8 Å². The quantitative estimate of drug-likeness (QED) is 0.719. The fourth-order valence-electron chi connectivity index (χ4n) is 1.07. The number of hydrogen-bond acceptors (Lipinski definition) is 4. The Morgan fingerprint density at radius 3 is 2.50 bits per heavy atom. The third-order valence-electron chi connectivity index (χ3n) is 1.76. The van der Waals surface area contributed by atoms with Crippen molar-refractivity contribution in [2.24, 2.45) is 0 Å². The maximum absolute atomic E-state index is 11.5. The zero-order chi connectivity index (χ0) is 12.0. The molecule has 0 fully saturated rings. The Kier molecular flexibility index (Phi) is 4.20. The molecule has 0 aliphatic carbocycles. The second-order valence-corrected chi connectivity index (χ2v) is 3.30. The number of aromatic nitrogens is 1. The molecule has 5 nitrogen and oxygen atoms in total. The van der Waals surface area contributed by atoms with Crippen molar-refractivity contribution in [3.63, 3.8) is 0 Å². The van der Waals surface area contributed by atoms with Gasteiger partial charge in [-0.05, 0) is 19.1 Å². The summed E-state index contributed by atoms with van der Waals surface area (Å²) in [6.45, 7) is 5.06. The Bertz CT molecular complexity index is 401. The molecule has 0 atom stereocenters. The van der Waals surface area contributed by atoms with Crippen molar-refractivity contribution in [2.45, 2.75) is 13.3 Å². The van der Waals surface area contributed by atoms with Crippen molar-refractivity contribution in [3.05, 3.63) is 42.4 Å². The standard InChI is InChI=1S/C11H13N3O2/c1-8(7-9(2)15)13-14-11(16)10-3-5-12-6-4-10/h3-6,13H,1,7H2,2H3,(H,14,16). The van der Waals surface area contributed by atoms with Crippen molar-refractivity contribution in [1.29, 1.82) is 0 Å². The Morgan fingerprint density at radius 1 is 1.31 bits per heavy atom. The van der Waals surface area contributed by atoms with Crippen LogP contribution in [0.15, 0.2) is 36.8 Å². The summed E-state index contributed by atoms with van der Waals surface area (Å²) in [6.07, 6.45) is 3.25. The molecule has 0 aliphatic rings. The van der Waals surface area contributed by atoms with Gasteiger partial charge in [0, 0.05) is 30.1 Å². The van der Waals surface area contributed by atoms with Crippen LogP contribution in [0.5, 0.6) is 0 Å². The van der Waals surface area contributed by atoms with E-state index in [0.29, 0.717) is 11.3 Å². The number of carbonyl (C=O) groups is 2. The Labute approximate surface area is 93.5 Å². The molecule has 5 heteroatoms. The van der Waals surface area contributed by atoms with Gasteiger partial charge in [-0.25, -0.2) is 0 Å². The number of hydrazine groups is 1. The monoisotopic (exact) mass is 219 g/mol. The van der Waals surface area contributed by atoms with E-state index in [2.05, 4.69) is 22.4 Å². The highest BCUT2D eigenvalue weighted by Crippen LogP contribution is 1.96. The van der Waals surface area contributed by atoms with Gasteiger partial charge < -0.3 is 5.43 Å². The summed E-state index contributed by atoms with van der Waals surface area (Å²) >= 11 is 0. The number of pyridine rings is 1. The van der Waals surface area contributed by atoms with Gasteiger partial charge in [-0.15, -0.1) is 0 Å². The Hall–Kier alpha value is -2.17. The zero-order valence-electron chi connectivity index (χ0n) is 8.99. The lowest BCUT2D eigenvalue weighted by atomic mass is 10.2. The van der Waals surface area contributed by atoms with Gasteiger partial charge in [-0.3, -0.25) is 20.0 Å². The maximum Gasteiger partial charge on any atom is 0.269 e. The molecule has 1 rings (SSSR count). The molecule has 0 aromatic carbocycles. The third kappa shape index (κ3) is 3.91. The van der Waals surface area contributed by atoms with Crippen LogP contribution in [0.2, 0.25) is 0 Å². The number of ketones is 1. The van der Waals surface area contributed by atoms with E-state index < -0.39 is 0 Å². The van der Waals surface area contributed by atoms with Gasteiger partial charge >= 0.3 is 0 Å². The summed E-state index contributed by atoms with van der Waals surface area (Å²) in [4.78, 5) is 26.1. The van der Waals surface area contributed by atoms with Crippen LogP contribution in [-0.2, 0) is 4.79 Å². The average Bonchev–Trinajstić information content (AvgIpc) is 2.26. The molecule has 0 saturated heterocycles. The fourth-order valence-corrected chi connectivity index (χ4v) is 1.07. The molecule has 1 aromatic heterocycles. The van der Waals surface area contributed by atoms with Crippen LogP contribution in [0, 0.1) is 0 Å². The lowest BCUT2D eigenvalue weighted by Gasteiger charge is -2.09. The largest absolute Gasteiger partial charge is 0.303 e. The number of allylic oxidation sites excluding steroid dienone is 1. The summed E-state index contributed by atoms with van der Waals surface area (Å²) in [6, 6.07) is 3.18. The van der Waals surface area contributed by atoms with Crippen LogP contribution >= 0.6 is 0 Å². The van der Waals surface area contributed by atoms with Crippen LogP contribution in [0.1, 0.15) is 23.7 Å². The molecule has 0 unspecified atom stereocenters. The van der Waals surface area contributed by atoms with Crippen molar-refractivity contribution in [2.75, 3.05) is 0 Å². The van der Waals surface area contributed by atoms with Gasteiger partial charge in [-0.1, -0.05) is 6.58 Å². The molecule has 1 aromatic rings. The number of nitrogens with zero attached hydrogens (tertiary/aromatic N) is 1. The summed E-state index contributed by atoms with van der Waals surface area (Å²) in [5.74, 6) is -0.317. The molecule has 16 heavy (non-hydrogen) atoms. The van der Waals surface area contributed by atoms with Gasteiger partial charge in [0.1, 0.15) is 5.78 Å². The van der Waals surface area contributed by atoms with E-state index in [-0.39, 0.29) is 18.1 Å². The topological polar surface area (TPSA) is 71.1 Å². The number of Topliss-reactive ketones (excluding diaryl/α,β-unsaturated/α-hetero) is 1. The smallest absolute Gasteiger partial charge is 0.269 e. The molecule has 0 saturated carbocycles. The SMILES string of the molecule is C=C(CC(C)=O)NNC(=O)c1ccncc1. The second-order valence-electron chi connectivity index (χ2n) is 3.30. The maximum atomic E-state index is 11.5. The Balaban J connectivity index is 2.42. The molecule has 1 heterocycles. The number of hydrogen-bond donors (Lipinski definition) is 2. The summed E-state index contributed by atoms with van der Waals surface area (Å²) in [5.41, 5.74) is 5.95. The number of nitrogens with one attached hydrogen (secondary N) is 2. The first kappa shape index (κ1) is 11.9. The minimum absolute atomic E-state index is 0.0179. The van der Waals surface area contributed by atoms with Crippen LogP contribution in [0.4, 0.5) is 0 Å². The van der Waals surface area contributed by atoms with Crippen LogP contribution in [-0.4, -0.2) is 16.7 Å². The predicted molar refractivity (Wildman–Crippen MR) is 59.3 cm³/mol. The summed E-state index contributed by atoms with van der Waals surface area (Å²) < 4.78 is 0. The van der Waals surface area contributed by atoms with E-state index in [1.54, 1.807) is 12.1 Å². The highest BCUT2D eigenvalue weighted by Gasteiger charge is 2.04. The molecule has 0 spiro atoms. The van der Waals surface area contributed by atoms with Crippen LogP contribution in [0.25, 0.3) is 0 Å². The molecular weight excluding hydrogens is 206 g/mol. The van der Waals surface area contributed by atoms with Gasteiger partial charge in [0.25, 0.3) is 5.91 Å². The first-order chi connectivity index (χ1) is 7.59. The Morgan fingerprint density at radius 2 is 1.94 bits per heavy atom. The van der Waals surface area contributed by atoms with E-state index in [1.165, 1.54) is 19.3 Å². The molecule has 2 N–H and O–H groups in total. The van der Waals surface area contributed by atoms with Crippen molar-refractivity contribution in [3.8, 4) is 0 Å². The van der Waals surface area contributed by atoms with E-state index in [1.807, 2.05) is 0 Å². The summed E-state index contributed by atoms with van der Waals surface area (Å²) in [5, 5.41) is 0. The van der Waals surface area contributed by atoms with Gasteiger partial charge in [-0.2, -0.15) is 0 Å².